The van der Waals surface area contributed by atoms with E-state index in [2.05, 4.69) is 4.98 Å². The Morgan fingerprint density at radius 2 is 1.38 bits per heavy atom. The number of aromatic nitrogens is 2. The van der Waals surface area contributed by atoms with E-state index in [0.29, 0.717) is 5.75 Å². The van der Waals surface area contributed by atoms with Crippen LogP contribution in [-0.4, -0.2) is 65.1 Å². The van der Waals surface area contributed by atoms with Crippen LogP contribution in [0.2, 0.25) is 4.82 Å². The molecule has 248 valence electrons. The van der Waals surface area contributed by atoms with Gasteiger partial charge in [0.05, 0.1) is 0 Å². The third-order valence-electron chi connectivity index (χ3n) is 8.03. The molecule has 10 nitrogen and oxygen atoms in total. The Morgan fingerprint density at radius 1 is 0.812 bits per heavy atom. The van der Waals surface area contributed by atoms with Crippen LogP contribution >= 0.6 is 0 Å². The molecule has 1 aliphatic rings. The zero-order valence-electron chi connectivity index (χ0n) is 26.2. The average Bonchev–Trinajstić information content (AvgIpc) is 3.41. The Bertz CT molecular complexity index is 2000. The van der Waals surface area contributed by atoms with Crippen molar-refractivity contribution in [3.8, 4) is 5.75 Å². The summed E-state index contributed by atoms with van der Waals surface area (Å²) < 4.78 is 52.6. The quantitative estimate of drug-likeness (QED) is 0.117. The molecule has 5 aromatic rings. The second-order valence-electron chi connectivity index (χ2n) is 11.2. The van der Waals surface area contributed by atoms with Crippen molar-refractivity contribution in [1.82, 2.24) is 9.55 Å². The molecule has 1 aliphatic heterocycles. The number of aromatic amines is 1. The predicted molar refractivity (Wildman–Crippen MR) is 182 cm³/mol. The van der Waals surface area contributed by atoms with E-state index in [9.17, 15) is 18.0 Å². The standard InChI is InChI=1S/C36H34N2O8SSe/c1-43-28-20-18-27(19-21-28)36(25-12-6-3-7-13-25,26-14-8-4-9-15-26)44-24-30-32(46-47(2,41)42)33(48-29-16-10-5-11-17-29)34(45-30)38-23-22-31(39)37-35(38)40/h3-23,30,32-34H,24H2,1-2H3,(H,37,39,40)/t30-,32-,33-,34-/m1/s1. The molecular weight excluding hydrogens is 699 g/mol. The third kappa shape index (κ3) is 7.24. The third-order valence-corrected chi connectivity index (χ3v) is 11.4. The molecule has 0 bridgehead atoms. The number of hydrogen-bond acceptors (Lipinski definition) is 8. The van der Waals surface area contributed by atoms with Gasteiger partial charge in [0.2, 0.25) is 0 Å². The van der Waals surface area contributed by atoms with E-state index in [1.54, 1.807) is 7.11 Å². The minimum atomic E-state index is -3.99. The van der Waals surface area contributed by atoms with Gasteiger partial charge in [0.25, 0.3) is 0 Å². The number of nitrogens with zero attached hydrogens (tertiary/aromatic N) is 1. The Hall–Kier alpha value is -4.29. The van der Waals surface area contributed by atoms with E-state index in [1.807, 2.05) is 115 Å². The first-order valence-corrected chi connectivity index (χ1v) is 18.8. The first kappa shape index (κ1) is 33.6. The maximum atomic E-state index is 13.1. The van der Waals surface area contributed by atoms with Crippen molar-refractivity contribution in [2.75, 3.05) is 20.0 Å². The molecule has 0 radical (unpaired) electrons. The van der Waals surface area contributed by atoms with Gasteiger partial charge in [0, 0.05) is 0 Å². The topological polar surface area (TPSA) is 126 Å². The molecule has 0 saturated carbocycles. The van der Waals surface area contributed by atoms with E-state index in [-0.39, 0.29) is 6.61 Å². The van der Waals surface area contributed by atoms with Crippen LogP contribution in [0, 0.1) is 0 Å². The fraction of sp³-hybridized carbons (Fsp3) is 0.222. The summed E-state index contributed by atoms with van der Waals surface area (Å²) >= 11 is -0.433. The van der Waals surface area contributed by atoms with Gasteiger partial charge in [-0.15, -0.1) is 0 Å². The predicted octanol–water partition coefficient (Wildman–Crippen LogP) is 3.61. The van der Waals surface area contributed by atoms with Gasteiger partial charge in [0.15, 0.2) is 0 Å². The summed E-state index contributed by atoms with van der Waals surface area (Å²) in [6.45, 7) is -0.119. The molecule has 2 heterocycles. The van der Waals surface area contributed by atoms with Gasteiger partial charge in [-0.1, -0.05) is 0 Å². The minimum absolute atomic E-state index is 0.119. The fourth-order valence-electron chi connectivity index (χ4n) is 5.92. The van der Waals surface area contributed by atoms with Crippen LogP contribution in [0.5, 0.6) is 5.75 Å². The molecule has 4 atom stereocenters. The number of methoxy groups -OCH3 is 1. The van der Waals surface area contributed by atoms with E-state index in [1.165, 1.54) is 16.8 Å². The Kier molecular flexibility index (Phi) is 10.1. The molecule has 6 rings (SSSR count). The van der Waals surface area contributed by atoms with Gasteiger partial charge in [-0.3, -0.25) is 0 Å². The summed E-state index contributed by atoms with van der Waals surface area (Å²) in [7, 11) is -2.39. The van der Waals surface area contributed by atoms with Crippen LogP contribution in [-0.2, 0) is 29.4 Å². The summed E-state index contributed by atoms with van der Waals surface area (Å²) in [4.78, 5) is 26.7. The van der Waals surface area contributed by atoms with E-state index < -0.39 is 65.2 Å². The molecule has 1 fully saturated rings. The van der Waals surface area contributed by atoms with E-state index in [0.717, 1.165) is 27.4 Å². The number of benzene rings is 4. The van der Waals surface area contributed by atoms with Gasteiger partial charge in [-0.2, -0.15) is 0 Å². The zero-order chi connectivity index (χ0) is 33.7. The Morgan fingerprint density at radius 3 is 1.92 bits per heavy atom. The first-order chi connectivity index (χ1) is 23.2. The molecule has 12 heteroatoms. The molecule has 0 unspecified atom stereocenters. The van der Waals surface area contributed by atoms with Crippen LogP contribution < -0.4 is 20.4 Å². The molecule has 1 N–H and O–H groups in total. The van der Waals surface area contributed by atoms with Gasteiger partial charge in [0.1, 0.15) is 0 Å². The SMILES string of the molecule is COc1ccc(C(OC[C@H]2O[C@@H](n3ccc(=O)[nH]c3=O)[C@H]([Se]c3ccccc3)[C@@H]2OS(C)(=O)=O)(c2ccccc2)c2ccccc2)cc1. The van der Waals surface area contributed by atoms with Crippen LogP contribution in [0.4, 0.5) is 0 Å². The Labute approximate surface area is 284 Å². The van der Waals surface area contributed by atoms with E-state index >= 15 is 0 Å². The normalized spacial score (nSPS) is 19.6. The number of rotatable bonds is 12. The van der Waals surface area contributed by atoms with Gasteiger partial charge in [-0.05, 0) is 0 Å². The van der Waals surface area contributed by atoms with Gasteiger partial charge >= 0.3 is 286 Å². The van der Waals surface area contributed by atoms with Crippen LogP contribution in [0.15, 0.2) is 137 Å². The molecule has 1 aromatic heterocycles. The van der Waals surface area contributed by atoms with Gasteiger partial charge < -0.3 is 0 Å². The van der Waals surface area contributed by atoms with Crippen molar-refractivity contribution < 1.29 is 26.8 Å². The van der Waals surface area contributed by atoms with Crippen molar-refractivity contribution in [3.05, 3.63) is 165 Å². The molecule has 4 aromatic carbocycles. The first-order valence-electron chi connectivity index (χ1n) is 15.1. The summed E-state index contributed by atoms with van der Waals surface area (Å²) in [5, 5.41) is 0. The van der Waals surface area contributed by atoms with Crippen molar-refractivity contribution >= 4 is 29.5 Å². The van der Waals surface area contributed by atoms with Crippen LogP contribution in [0.1, 0.15) is 22.9 Å². The summed E-state index contributed by atoms with van der Waals surface area (Å²) in [5.41, 5.74) is 0.0655. The second-order valence-corrected chi connectivity index (χ2v) is 15.4. The molecule has 0 amide bonds. The van der Waals surface area contributed by atoms with Crippen molar-refractivity contribution in [3.63, 3.8) is 0 Å². The summed E-state index contributed by atoms with van der Waals surface area (Å²) in [5.74, 6) is 0.676. The summed E-state index contributed by atoms with van der Waals surface area (Å²) in [6, 6.07) is 37.8. The second kappa shape index (κ2) is 14.4. The van der Waals surface area contributed by atoms with Crippen molar-refractivity contribution in [1.29, 1.82) is 0 Å². The van der Waals surface area contributed by atoms with Gasteiger partial charge in [-0.25, -0.2) is 0 Å². The van der Waals surface area contributed by atoms with Crippen molar-refractivity contribution in [2.45, 2.75) is 28.9 Å². The molecule has 1 saturated heterocycles. The molecule has 48 heavy (non-hydrogen) atoms. The Balaban J connectivity index is 1.47. The number of H-pyrrole nitrogens is 1. The monoisotopic (exact) mass is 734 g/mol. The van der Waals surface area contributed by atoms with Crippen LogP contribution in [0.25, 0.3) is 0 Å². The number of nitrogens with one attached hydrogen (secondary N) is 1. The number of ether oxygens (including phenoxy) is 3. The van der Waals surface area contributed by atoms with Crippen LogP contribution in [0.3, 0.4) is 0 Å². The molecule has 0 aliphatic carbocycles. The fourth-order valence-corrected chi connectivity index (χ4v) is 9.47. The molecule has 0 spiro atoms. The summed E-state index contributed by atoms with van der Waals surface area (Å²) in [6.07, 6.45) is -0.574. The number of hydrogen-bond donors (Lipinski definition) is 1. The average molecular weight is 734 g/mol. The molecular formula is C36H34N2O8SSe. The maximum absolute atomic E-state index is 13.1. The zero-order valence-corrected chi connectivity index (χ0v) is 28.7. The van der Waals surface area contributed by atoms with Crippen molar-refractivity contribution in [2.24, 2.45) is 0 Å². The van der Waals surface area contributed by atoms with E-state index in [4.69, 9.17) is 18.4 Å².